The lowest BCUT2D eigenvalue weighted by atomic mass is 10.1. The first kappa shape index (κ1) is 27.5. The standard InChI is InChI=1S/C26H18ClF3N2O4S2/c1-35-21-10-15(8-9-20(21)36-14-23(33)31-18-6-3-5-17(27)13-18)11-22-24(34)32(25(37)38-22)19-7-2-4-16(12-19)26(28,29)30/h2-13H,14H2,1H3,(H,31,33)/b22-11-. The van der Waals surface area contributed by atoms with Gasteiger partial charge in [-0.3, -0.25) is 14.5 Å². The molecule has 1 heterocycles. The summed E-state index contributed by atoms with van der Waals surface area (Å²) in [7, 11) is 1.42. The largest absolute Gasteiger partial charge is 0.493 e. The van der Waals surface area contributed by atoms with Gasteiger partial charge in [-0.25, -0.2) is 0 Å². The van der Waals surface area contributed by atoms with E-state index >= 15 is 0 Å². The zero-order chi connectivity index (χ0) is 27.4. The molecule has 38 heavy (non-hydrogen) atoms. The molecule has 1 aliphatic rings. The van der Waals surface area contributed by atoms with Crippen LogP contribution in [0.2, 0.25) is 5.02 Å². The van der Waals surface area contributed by atoms with Crippen LogP contribution in [0.5, 0.6) is 11.5 Å². The van der Waals surface area contributed by atoms with Crippen LogP contribution in [0.15, 0.2) is 71.6 Å². The second kappa shape index (κ2) is 11.5. The number of benzene rings is 3. The van der Waals surface area contributed by atoms with Crippen LogP contribution in [0.1, 0.15) is 11.1 Å². The van der Waals surface area contributed by atoms with E-state index in [0.717, 1.165) is 28.8 Å². The molecule has 12 heteroatoms. The number of anilines is 2. The molecular weight excluding hydrogens is 561 g/mol. The van der Waals surface area contributed by atoms with E-state index in [1.165, 1.54) is 19.2 Å². The molecule has 3 aromatic rings. The van der Waals surface area contributed by atoms with Gasteiger partial charge in [0.15, 0.2) is 22.4 Å². The lowest BCUT2D eigenvalue weighted by Gasteiger charge is -2.16. The zero-order valence-electron chi connectivity index (χ0n) is 19.5. The van der Waals surface area contributed by atoms with Crippen LogP contribution in [-0.4, -0.2) is 29.9 Å². The molecule has 0 saturated carbocycles. The Morgan fingerprint density at radius 1 is 1.11 bits per heavy atom. The smallest absolute Gasteiger partial charge is 0.416 e. The van der Waals surface area contributed by atoms with Crippen molar-refractivity contribution in [2.75, 3.05) is 23.9 Å². The molecule has 4 rings (SSSR count). The summed E-state index contributed by atoms with van der Waals surface area (Å²) in [5.74, 6) is -0.349. The van der Waals surface area contributed by atoms with Gasteiger partial charge < -0.3 is 14.8 Å². The lowest BCUT2D eigenvalue weighted by Crippen LogP contribution is -2.27. The highest BCUT2D eigenvalue weighted by Crippen LogP contribution is 2.39. The number of amides is 2. The number of nitrogens with zero attached hydrogens (tertiary/aromatic N) is 1. The maximum Gasteiger partial charge on any atom is 0.416 e. The summed E-state index contributed by atoms with van der Waals surface area (Å²) in [6, 6.07) is 15.9. The van der Waals surface area contributed by atoms with Gasteiger partial charge in [-0.1, -0.05) is 53.8 Å². The fourth-order valence-corrected chi connectivity index (χ4v) is 4.95. The predicted molar refractivity (Wildman–Crippen MR) is 146 cm³/mol. The fraction of sp³-hybridized carbons (Fsp3) is 0.115. The summed E-state index contributed by atoms with van der Waals surface area (Å²) in [4.78, 5) is 26.5. The Balaban J connectivity index is 1.47. The molecule has 3 aromatic carbocycles. The third kappa shape index (κ3) is 6.47. The highest BCUT2D eigenvalue weighted by molar-refractivity contribution is 8.27. The highest BCUT2D eigenvalue weighted by Gasteiger charge is 2.36. The van der Waals surface area contributed by atoms with Gasteiger partial charge in [-0.05, 0) is 60.2 Å². The maximum absolute atomic E-state index is 13.1. The Morgan fingerprint density at radius 2 is 1.87 bits per heavy atom. The molecule has 1 N–H and O–H groups in total. The maximum atomic E-state index is 13.1. The minimum absolute atomic E-state index is 0.0307. The Bertz CT molecular complexity index is 1450. The van der Waals surface area contributed by atoms with E-state index in [2.05, 4.69) is 5.32 Å². The summed E-state index contributed by atoms with van der Waals surface area (Å²) in [6.07, 6.45) is -3.01. The number of hydrogen-bond acceptors (Lipinski definition) is 6. The number of thioether (sulfide) groups is 1. The van der Waals surface area contributed by atoms with Crippen LogP contribution < -0.4 is 19.7 Å². The number of carbonyl (C=O) groups excluding carboxylic acids is 2. The zero-order valence-corrected chi connectivity index (χ0v) is 21.9. The summed E-state index contributed by atoms with van der Waals surface area (Å²) in [6.45, 7) is -0.294. The number of rotatable bonds is 7. The van der Waals surface area contributed by atoms with Crippen LogP contribution >= 0.6 is 35.6 Å². The van der Waals surface area contributed by atoms with Crippen molar-refractivity contribution in [3.63, 3.8) is 0 Å². The molecule has 196 valence electrons. The molecule has 1 fully saturated rings. The second-order valence-corrected chi connectivity index (χ2v) is 9.93. The Kier molecular flexibility index (Phi) is 8.29. The van der Waals surface area contributed by atoms with Crippen LogP contribution in [0, 0.1) is 0 Å². The topological polar surface area (TPSA) is 67.9 Å². The van der Waals surface area contributed by atoms with Crippen molar-refractivity contribution in [2.45, 2.75) is 6.18 Å². The van der Waals surface area contributed by atoms with Crippen molar-refractivity contribution in [3.8, 4) is 11.5 Å². The van der Waals surface area contributed by atoms with E-state index < -0.39 is 23.6 Å². The Labute approximate surface area is 230 Å². The van der Waals surface area contributed by atoms with E-state index in [4.69, 9.17) is 33.3 Å². The predicted octanol–water partition coefficient (Wildman–Crippen LogP) is 6.79. The molecule has 2 amide bonds. The van der Waals surface area contributed by atoms with Gasteiger partial charge in [0.2, 0.25) is 0 Å². The van der Waals surface area contributed by atoms with Crippen LogP contribution in [-0.2, 0) is 15.8 Å². The van der Waals surface area contributed by atoms with Crippen molar-refractivity contribution in [2.24, 2.45) is 0 Å². The average molecular weight is 579 g/mol. The molecule has 0 bridgehead atoms. The number of methoxy groups -OCH3 is 1. The quantitative estimate of drug-likeness (QED) is 0.246. The van der Waals surface area contributed by atoms with Gasteiger partial charge in [0.1, 0.15) is 0 Å². The number of nitrogens with one attached hydrogen (secondary N) is 1. The first-order chi connectivity index (χ1) is 18.0. The van der Waals surface area contributed by atoms with Crippen LogP contribution in [0.3, 0.4) is 0 Å². The summed E-state index contributed by atoms with van der Waals surface area (Å²) in [5, 5.41) is 3.15. The van der Waals surface area contributed by atoms with Gasteiger partial charge in [0.05, 0.1) is 23.3 Å². The van der Waals surface area contributed by atoms with Crippen LogP contribution in [0.25, 0.3) is 6.08 Å². The average Bonchev–Trinajstić information content (AvgIpc) is 3.15. The number of ether oxygens (including phenoxy) is 2. The van der Waals surface area contributed by atoms with Gasteiger partial charge in [0.25, 0.3) is 11.8 Å². The van der Waals surface area contributed by atoms with Crippen molar-refractivity contribution in [1.29, 1.82) is 0 Å². The van der Waals surface area contributed by atoms with E-state index in [9.17, 15) is 22.8 Å². The monoisotopic (exact) mass is 578 g/mol. The van der Waals surface area contributed by atoms with Crippen molar-refractivity contribution in [1.82, 2.24) is 0 Å². The minimum Gasteiger partial charge on any atom is -0.493 e. The summed E-state index contributed by atoms with van der Waals surface area (Å²) < 4.78 is 50.4. The fourth-order valence-electron chi connectivity index (χ4n) is 3.46. The minimum atomic E-state index is -4.55. The molecular formula is C26H18ClF3N2O4S2. The molecule has 0 atom stereocenters. The van der Waals surface area contributed by atoms with Crippen molar-refractivity contribution >= 4 is 69.2 Å². The molecule has 0 aliphatic carbocycles. The summed E-state index contributed by atoms with van der Waals surface area (Å²) in [5.41, 5.74) is 0.232. The van der Waals surface area contributed by atoms with Crippen molar-refractivity contribution in [3.05, 3.63) is 87.8 Å². The van der Waals surface area contributed by atoms with Gasteiger partial charge in [0, 0.05) is 10.7 Å². The highest BCUT2D eigenvalue weighted by atomic mass is 35.5. The van der Waals surface area contributed by atoms with Crippen molar-refractivity contribution < 1.29 is 32.2 Å². The first-order valence-corrected chi connectivity index (χ1v) is 12.5. The first-order valence-electron chi connectivity index (χ1n) is 10.9. The molecule has 6 nitrogen and oxygen atoms in total. The van der Waals surface area contributed by atoms with Gasteiger partial charge in [-0.15, -0.1) is 0 Å². The molecule has 0 spiro atoms. The normalized spacial score (nSPS) is 14.7. The Hall–Kier alpha value is -3.54. The second-order valence-electron chi connectivity index (χ2n) is 7.82. The molecule has 1 saturated heterocycles. The van der Waals surface area contributed by atoms with E-state index in [1.807, 2.05) is 0 Å². The number of carbonyl (C=O) groups is 2. The number of hydrogen-bond donors (Lipinski definition) is 1. The molecule has 0 unspecified atom stereocenters. The van der Waals surface area contributed by atoms with E-state index in [-0.39, 0.29) is 21.5 Å². The summed E-state index contributed by atoms with van der Waals surface area (Å²) >= 11 is 12.2. The third-order valence-corrected chi connectivity index (χ3v) is 6.72. The Morgan fingerprint density at radius 3 is 2.58 bits per heavy atom. The third-order valence-electron chi connectivity index (χ3n) is 5.18. The van der Waals surface area contributed by atoms with Gasteiger partial charge >= 0.3 is 6.18 Å². The molecule has 0 radical (unpaired) electrons. The van der Waals surface area contributed by atoms with Crippen LogP contribution in [0.4, 0.5) is 24.5 Å². The SMILES string of the molecule is COc1cc(/C=C2\SC(=S)N(c3cccc(C(F)(F)F)c3)C2=O)ccc1OCC(=O)Nc1cccc(Cl)c1. The lowest BCUT2D eigenvalue weighted by molar-refractivity contribution is -0.137. The number of halogens is 4. The number of alkyl halides is 3. The van der Waals surface area contributed by atoms with Gasteiger partial charge in [-0.2, -0.15) is 13.2 Å². The molecule has 0 aromatic heterocycles. The van der Waals surface area contributed by atoms with E-state index in [1.54, 1.807) is 48.5 Å². The number of thiocarbonyl (C=S) groups is 1. The van der Waals surface area contributed by atoms with E-state index in [0.29, 0.717) is 27.8 Å². The molecule has 1 aliphatic heterocycles.